The van der Waals surface area contributed by atoms with E-state index in [0.29, 0.717) is 5.56 Å². The SMILES string of the molecule is Cc1c(C(=O)O)ccc(-c2ccccc2)c1C(=O)O.c1c[nH]cn1. The number of nitrogens with one attached hydrogen (secondary N) is 1. The van der Waals surface area contributed by atoms with Gasteiger partial charge >= 0.3 is 11.9 Å². The highest BCUT2D eigenvalue weighted by molar-refractivity contribution is 6.02. The highest BCUT2D eigenvalue weighted by atomic mass is 16.4. The summed E-state index contributed by atoms with van der Waals surface area (Å²) in [5.74, 6) is -2.25. The van der Waals surface area contributed by atoms with Crippen molar-refractivity contribution in [2.75, 3.05) is 0 Å². The lowest BCUT2D eigenvalue weighted by Crippen LogP contribution is -2.09. The van der Waals surface area contributed by atoms with Crippen LogP contribution in [0.25, 0.3) is 11.1 Å². The summed E-state index contributed by atoms with van der Waals surface area (Å²) >= 11 is 0. The number of rotatable bonds is 3. The minimum atomic E-state index is -1.13. The molecule has 0 aliphatic rings. The minimum Gasteiger partial charge on any atom is -0.478 e. The number of benzene rings is 2. The zero-order valence-corrected chi connectivity index (χ0v) is 12.9. The number of hydrogen-bond acceptors (Lipinski definition) is 3. The molecule has 6 heteroatoms. The number of aromatic nitrogens is 2. The van der Waals surface area contributed by atoms with Gasteiger partial charge in [-0.1, -0.05) is 36.4 Å². The van der Waals surface area contributed by atoms with Gasteiger partial charge in [0.15, 0.2) is 0 Å². The maximum Gasteiger partial charge on any atom is 0.336 e. The Labute approximate surface area is 138 Å². The topological polar surface area (TPSA) is 103 Å². The molecule has 122 valence electrons. The number of aromatic amines is 1. The van der Waals surface area contributed by atoms with Gasteiger partial charge in [-0.25, -0.2) is 14.6 Å². The first-order valence-corrected chi connectivity index (χ1v) is 7.10. The average molecular weight is 324 g/mol. The molecule has 0 fully saturated rings. The number of hydrogen-bond donors (Lipinski definition) is 3. The normalized spacial score (nSPS) is 9.71. The first-order chi connectivity index (χ1) is 11.5. The van der Waals surface area contributed by atoms with Crippen molar-refractivity contribution in [3.05, 3.63) is 77.9 Å². The van der Waals surface area contributed by atoms with E-state index >= 15 is 0 Å². The van der Waals surface area contributed by atoms with E-state index in [4.69, 9.17) is 5.11 Å². The van der Waals surface area contributed by atoms with E-state index in [1.54, 1.807) is 43.0 Å². The van der Waals surface area contributed by atoms with E-state index in [1.165, 1.54) is 19.1 Å². The summed E-state index contributed by atoms with van der Waals surface area (Å²) in [6.07, 6.45) is 5.08. The highest BCUT2D eigenvalue weighted by Crippen LogP contribution is 2.28. The van der Waals surface area contributed by atoms with E-state index in [1.807, 2.05) is 6.07 Å². The molecule has 0 spiro atoms. The molecular formula is C18H16N2O4. The van der Waals surface area contributed by atoms with Crippen LogP contribution in [0.2, 0.25) is 0 Å². The van der Waals surface area contributed by atoms with E-state index in [2.05, 4.69) is 9.97 Å². The van der Waals surface area contributed by atoms with Crippen LogP contribution in [0.4, 0.5) is 0 Å². The first kappa shape index (κ1) is 17.0. The highest BCUT2D eigenvalue weighted by Gasteiger charge is 2.19. The number of nitrogens with zero attached hydrogens (tertiary/aromatic N) is 1. The second kappa shape index (κ2) is 7.73. The molecule has 0 aliphatic heterocycles. The maximum absolute atomic E-state index is 11.4. The van der Waals surface area contributed by atoms with Crippen LogP contribution in [-0.4, -0.2) is 32.1 Å². The molecule has 0 atom stereocenters. The van der Waals surface area contributed by atoms with Crippen molar-refractivity contribution in [2.45, 2.75) is 6.92 Å². The van der Waals surface area contributed by atoms with Gasteiger partial charge in [-0.3, -0.25) is 0 Å². The molecule has 0 unspecified atom stereocenters. The van der Waals surface area contributed by atoms with Crippen LogP contribution in [0.3, 0.4) is 0 Å². The van der Waals surface area contributed by atoms with E-state index in [0.717, 1.165) is 5.56 Å². The summed E-state index contributed by atoms with van der Waals surface area (Å²) in [6, 6.07) is 12.0. The Hall–Kier alpha value is -3.41. The van der Waals surface area contributed by atoms with Crippen LogP contribution in [0, 0.1) is 6.92 Å². The lowest BCUT2D eigenvalue weighted by Gasteiger charge is -2.11. The summed E-state index contributed by atoms with van der Waals surface area (Å²) in [5.41, 5.74) is 1.58. The Morgan fingerprint density at radius 2 is 1.71 bits per heavy atom. The zero-order valence-electron chi connectivity index (χ0n) is 12.9. The van der Waals surface area contributed by atoms with Gasteiger partial charge in [-0.05, 0) is 29.7 Å². The van der Waals surface area contributed by atoms with Crippen LogP contribution >= 0.6 is 0 Å². The van der Waals surface area contributed by atoms with Gasteiger partial charge in [0.2, 0.25) is 0 Å². The Morgan fingerprint density at radius 3 is 2.17 bits per heavy atom. The minimum absolute atomic E-state index is 0.0112. The van der Waals surface area contributed by atoms with Gasteiger partial charge in [0.1, 0.15) is 0 Å². The second-order valence-corrected chi connectivity index (χ2v) is 4.90. The van der Waals surface area contributed by atoms with Gasteiger partial charge in [0.05, 0.1) is 17.5 Å². The molecule has 0 saturated carbocycles. The number of carboxylic acid groups (broad SMARTS) is 2. The molecular weight excluding hydrogens is 308 g/mol. The van der Waals surface area contributed by atoms with Crippen LogP contribution in [0.5, 0.6) is 0 Å². The molecule has 0 amide bonds. The monoisotopic (exact) mass is 324 g/mol. The fraction of sp³-hybridized carbons (Fsp3) is 0.0556. The molecule has 1 aromatic heterocycles. The fourth-order valence-corrected chi connectivity index (χ4v) is 2.29. The van der Waals surface area contributed by atoms with Gasteiger partial charge in [-0.15, -0.1) is 0 Å². The van der Waals surface area contributed by atoms with Crippen molar-refractivity contribution in [2.24, 2.45) is 0 Å². The Kier molecular flexibility index (Phi) is 5.46. The van der Waals surface area contributed by atoms with Crippen molar-refractivity contribution in [1.82, 2.24) is 9.97 Å². The Bertz CT molecular complexity index is 811. The number of carbonyl (C=O) groups is 2. The number of aromatic carboxylic acids is 2. The van der Waals surface area contributed by atoms with Gasteiger partial charge < -0.3 is 15.2 Å². The van der Waals surface area contributed by atoms with Crippen LogP contribution in [0.1, 0.15) is 26.3 Å². The van der Waals surface area contributed by atoms with Crippen LogP contribution < -0.4 is 0 Å². The maximum atomic E-state index is 11.4. The first-order valence-electron chi connectivity index (χ1n) is 7.10. The van der Waals surface area contributed by atoms with Gasteiger partial charge in [-0.2, -0.15) is 0 Å². The Balaban J connectivity index is 0.000000355. The lowest BCUT2D eigenvalue weighted by atomic mass is 9.92. The Morgan fingerprint density at radius 1 is 1.00 bits per heavy atom. The third kappa shape index (κ3) is 3.86. The molecule has 2 aromatic carbocycles. The van der Waals surface area contributed by atoms with Crippen LogP contribution in [0.15, 0.2) is 61.2 Å². The summed E-state index contributed by atoms with van der Waals surface area (Å²) < 4.78 is 0. The molecule has 24 heavy (non-hydrogen) atoms. The molecule has 0 saturated heterocycles. The second-order valence-electron chi connectivity index (χ2n) is 4.90. The lowest BCUT2D eigenvalue weighted by molar-refractivity contribution is 0.0696. The molecule has 1 heterocycles. The number of H-pyrrole nitrogens is 1. The zero-order chi connectivity index (χ0) is 17.5. The van der Waals surface area contributed by atoms with Gasteiger partial charge in [0.25, 0.3) is 0 Å². The van der Waals surface area contributed by atoms with E-state index in [9.17, 15) is 14.7 Å². The van der Waals surface area contributed by atoms with E-state index in [-0.39, 0.29) is 16.7 Å². The number of carboxylic acids is 2. The van der Waals surface area contributed by atoms with Crippen molar-refractivity contribution in [1.29, 1.82) is 0 Å². The molecule has 3 rings (SSSR count). The predicted octanol–water partition coefficient (Wildman–Crippen LogP) is 3.47. The summed E-state index contributed by atoms with van der Waals surface area (Å²) in [5, 5.41) is 18.4. The van der Waals surface area contributed by atoms with E-state index < -0.39 is 11.9 Å². The summed E-state index contributed by atoms with van der Waals surface area (Å²) in [7, 11) is 0. The van der Waals surface area contributed by atoms with Gasteiger partial charge in [0, 0.05) is 12.4 Å². The van der Waals surface area contributed by atoms with Crippen molar-refractivity contribution >= 4 is 11.9 Å². The van der Waals surface area contributed by atoms with Crippen LogP contribution in [-0.2, 0) is 0 Å². The predicted molar refractivity (Wildman–Crippen MR) is 89.1 cm³/mol. The molecule has 3 aromatic rings. The standard InChI is InChI=1S/C15H12O4.C3H4N2/c1-9-11(14(16)17)7-8-12(13(9)15(18)19)10-5-3-2-4-6-10;1-2-5-3-4-1/h2-8H,1H3,(H,16,17)(H,18,19);1-3H,(H,4,5). The summed E-state index contributed by atoms with van der Waals surface area (Å²) in [6.45, 7) is 1.51. The smallest absolute Gasteiger partial charge is 0.336 e. The quantitative estimate of drug-likeness (QED) is 0.684. The molecule has 3 N–H and O–H groups in total. The van der Waals surface area contributed by atoms with Crippen molar-refractivity contribution in [3.63, 3.8) is 0 Å². The van der Waals surface area contributed by atoms with Crippen molar-refractivity contribution in [3.8, 4) is 11.1 Å². The molecule has 0 radical (unpaired) electrons. The third-order valence-corrected chi connectivity index (χ3v) is 3.40. The summed E-state index contributed by atoms with van der Waals surface area (Å²) in [4.78, 5) is 28.9. The molecule has 6 nitrogen and oxygen atoms in total. The fourth-order valence-electron chi connectivity index (χ4n) is 2.29. The number of imidazole rings is 1. The van der Waals surface area contributed by atoms with Crippen molar-refractivity contribution < 1.29 is 19.8 Å². The largest absolute Gasteiger partial charge is 0.478 e. The third-order valence-electron chi connectivity index (χ3n) is 3.40. The molecule has 0 bridgehead atoms. The molecule has 0 aliphatic carbocycles. The average Bonchev–Trinajstić information content (AvgIpc) is 3.14.